The van der Waals surface area contributed by atoms with Crippen LogP contribution in [0.15, 0.2) is 48.8 Å². The molecule has 4 aromatic rings. The van der Waals surface area contributed by atoms with Crippen LogP contribution in [0.5, 0.6) is 5.75 Å². The van der Waals surface area contributed by atoms with E-state index in [9.17, 15) is 17.2 Å². The molecule has 2 aromatic carbocycles. The van der Waals surface area contributed by atoms with Crippen molar-refractivity contribution < 1.29 is 26.7 Å². The van der Waals surface area contributed by atoms with E-state index in [0.717, 1.165) is 22.9 Å². The van der Waals surface area contributed by atoms with Crippen molar-refractivity contribution in [3.8, 4) is 16.9 Å². The summed E-state index contributed by atoms with van der Waals surface area (Å²) < 4.78 is 66.5. The molecule has 0 saturated carbocycles. The number of imidazole rings is 1. The van der Waals surface area contributed by atoms with Gasteiger partial charge in [0, 0.05) is 29.9 Å². The van der Waals surface area contributed by atoms with E-state index >= 15 is 0 Å². The number of hydrogen-bond acceptors (Lipinski definition) is 8. The van der Waals surface area contributed by atoms with E-state index < -0.39 is 28.7 Å². The number of hydrogen-bond donors (Lipinski definition) is 0. The summed E-state index contributed by atoms with van der Waals surface area (Å²) in [6, 6.07) is 9.68. The molecule has 1 fully saturated rings. The highest BCUT2D eigenvalue weighted by Crippen LogP contribution is 2.55. The van der Waals surface area contributed by atoms with Crippen LogP contribution >= 0.6 is 0 Å². The first-order valence-corrected chi connectivity index (χ1v) is 15.2. The molecule has 13 heteroatoms. The molecule has 0 amide bonds. The van der Waals surface area contributed by atoms with E-state index in [1.165, 1.54) is 16.4 Å². The summed E-state index contributed by atoms with van der Waals surface area (Å²) in [5.74, 6) is 1.16. The number of alkyl halides is 2. The van der Waals surface area contributed by atoms with Crippen LogP contribution in [0.3, 0.4) is 0 Å². The maximum atomic E-state index is 13.4. The maximum Gasteiger partial charge on any atom is 0.387 e. The average molecular weight is 583 g/mol. The van der Waals surface area contributed by atoms with Crippen LogP contribution in [0.2, 0.25) is 0 Å². The predicted molar refractivity (Wildman–Crippen MR) is 149 cm³/mol. The van der Waals surface area contributed by atoms with Gasteiger partial charge in [-0.05, 0) is 43.7 Å². The van der Waals surface area contributed by atoms with Crippen molar-refractivity contribution >= 4 is 32.7 Å². The SMILES string of the molecule is CC1COCC(C)N1c1ncc(-c2ccc3nc4n(c3c2)[C@@H]2C[C@H]4N(S(C)(=O)=O)c3cccc(OC(F)F)c32)cn1. The summed E-state index contributed by atoms with van der Waals surface area (Å²) in [4.78, 5) is 16.3. The lowest BCUT2D eigenvalue weighted by Gasteiger charge is -2.38. The molecule has 0 radical (unpaired) electrons. The molecule has 7 rings (SSSR count). The second-order valence-corrected chi connectivity index (χ2v) is 12.7. The van der Waals surface area contributed by atoms with Crippen molar-refractivity contribution in [1.82, 2.24) is 19.5 Å². The van der Waals surface area contributed by atoms with Crippen LogP contribution < -0.4 is 13.9 Å². The number of benzene rings is 2. The highest BCUT2D eigenvalue weighted by Gasteiger charge is 2.48. The lowest BCUT2D eigenvalue weighted by Crippen LogP contribution is -2.50. The van der Waals surface area contributed by atoms with Crippen LogP contribution in [-0.2, 0) is 14.8 Å². The first-order chi connectivity index (χ1) is 19.6. The third-order valence-corrected chi connectivity index (χ3v) is 9.28. The third-order valence-electron chi connectivity index (χ3n) is 8.11. The van der Waals surface area contributed by atoms with Gasteiger partial charge in [0.1, 0.15) is 17.6 Å². The largest absolute Gasteiger partial charge is 0.434 e. The Morgan fingerprint density at radius 2 is 1.76 bits per heavy atom. The van der Waals surface area contributed by atoms with Crippen molar-refractivity contribution in [2.24, 2.45) is 0 Å². The number of rotatable bonds is 5. The van der Waals surface area contributed by atoms with Crippen molar-refractivity contribution in [1.29, 1.82) is 0 Å². The summed E-state index contributed by atoms with van der Waals surface area (Å²) in [5, 5.41) is 0. The predicted octanol–water partition coefficient (Wildman–Crippen LogP) is 4.52. The molecule has 214 valence electrons. The van der Waals surface area contributed by atoms with Gasteiger partial charge in [0.25, 0.3) is 0 Å². The molecule has 2 aromatic heterocycles. The van der Waals surface area contributed by atoms with Crippen molar-refractivity contribution in [3.63, 3.8) is 0 Å². The van der Waals surface area contributed by atoms with E-state index in [1.807, 2.05) is 22.8 Å². The Kier molecular flexibility index (Phi) is 5.95. The fraction of sp³-hybridized carbons (Fsp3) is 0.393. The molecule has 5 heterocycles. The van der Waals surface area contributed by atoms with Gasteiger partial charge in [-0.25, -0.2) is 23.4 Å². The van der Waals surface area contributed by atoms with Gasteiger partial charge in [0.05, 0.1) is 54.3 Å². The Morgan fingerprint density at radius 3 is 2.44 bits per heavy atom. The molecule has 0 spiro atoms. The topological polar surface area (TPSA) is 103 Å². The Bertz CT molecular complexity index is 1750. The van der Waals surface area contributed by atoms with Gasteiger partial charge in [-0.3, -0.25) is 4.31 Å². The van der Waals surface area contributed by atoms with Crippen molar-refractivity contribution in [3.05, 3.63) is 60.2 Å². The van der Waals surface area contributed by atoms with Gasteiger partial charge in [-0.1, -0.05) is 12.1 Å². The second kappa shape index (κ2) is 9.35. The number of morpholine rings is 1. The second-order valence-electron chi connectivity index (χ2n) is 10.9. The molecule has 2 unspecified atom stereocenters. The van der Waals surface area contributed by atoms with Crippen LogP contribution in [-0.4, -0.2) is 66.1 Å². The summed E-state index contributed by atoms with van der Waals surface area (Å²) in [6.07, 6.45) is 5.05. The molecular formula is C28H28F2N6O4S. The molecule has 3 aliphatic heterocycles. The Balaban J connectivity index is 1.33. The molecule has 10 nitrogen and oxygen atoms in total. The molecule has 3 aliphatic rings. The number of ether oxygens (including phenoxy) is 2. The minimum Gasteiger partial charge on any atom is -0.434 e. The zero-order chi connectivity index (χ0) is 28.6. The molecule has 4 atom stereocenters. The van der Waals surface area contributed by atoms with E-state index in [0.29, 0.717) is 48.2 Å². The molecule has 41 heavy (non-hydrogen) atoms. The Labute approximate surface area is 235 Å². The van der Waals surface area contributed by atoms with Crippen LogP contribution in [0, 0.1) is 0 Å². The number of nitrogens with zero attached hydrogens (tertiary/aromatic N) is 6. The zero-order valence-electron chi connectivity index (χ0n) is 22.6. The number of halogens is 2. The summed E-state index contributed by atoms with van der Waals surface area (Å²) in [5.41, 5.74) is 3.83. The monoisotopic (exact) mass is 582 g/mol. The summed E-state index contributed by atoms with van der Waals surface area (Å²) >= 11 is 0. The lowest BCUT2D eigenvalue weighted by atomic mass is 9.95. The molecule has 2 bridgehead atoms. The fourth-order valence-electron chi connectivity index (χ4n) is 6.56. The number of fused-ring (bicyclic) bond motifs is 9. The fourth-order valence-corrected chi connectivity index (χ4v) is 7.72. The van der Waals surface area contributed by atoms with E-state index in [2.05, 4.69) is 28.7 Å². The van der Waals surface area contributed by atoms with Gasteiger partial charge in [0.15, 0.2) is 0 Å². The van der Waals surface area contributed by atoms with Crippen molar-refractivity contribution in [2.45, 2.75) is 51.0 Å². The van der Waals surface area contributed by atoms with Crippen LogP contribution in [0.4, 0.5) is 20.4 Å². The Morgan fingerprint density at radius 1 is 1.02 bits per heavy atom. The minimum absolute atomic E-state index is 0.0454. The summed E-state index contributed by atoms with van der Waals surface area (Å²) in [7, 11) is -3.76. The number of aromatic nitrogens is 4. The third kappa shape index (κ3) is 4.12. The first-order valence-electron chi connectivity index (χ1n) is 13.4. The first kappa shape index (κ1) is 26.1. The van der Waals surface area contributed by atoms with Gasteiger partial charge in [-0.15, -0.1) is 0 Å². The van der Waals surface area contributed by atoms with E-state index in [4.69, 9.17) is 14.5 Å². The number of anilines is 2. The molecule has 0 aliphatic carbocycles. The van der Waals surface area contributed by atoms with Crippen LogP contribution in [0.25, 0.3) is 22.2 Å². The Hall–Kier alpha value is -3.84. The standard InChI is InChI=1S/C28H28F2N6O4S/c1-15-13-39-14-16(2)34(15)28-31-11-18(12-32-28)17-7-8-19-21(9-17)35-22-10-23(26(35)33-19)36(41(3,37)38)20-5-4-6-24(25(20)22)40-27(29)30/h4-9,11-12,15-16,22-23,27H,10,13-14H2,1-3H3/t15?,16?,22-,23-/m1/s1. The van der Waals surface area contributed by atoms with Gasteiger partial charge in [0.2, 0.25) is 16.0 Å². The smallest absolute Gasteiger partial charge is 0.387 e. The van der Waals surface area contributed by atoms with Crippen molar-refractivity contribution in [2.75, 3.05) is 28.7 Å². The molecule has 0 N–H and O–H groups in total. The van der Waals surface area contributed by atoms with Gasteiger partial charge < -0.3 is 18.9 Å². The van der Waals surface area contributed by atoms with E-state index in [1.54, 1.807) is 18.5 Å². The highest BCUT2D eigenvalue weighted by atomic mass is 32.2. The van der Waals surface area contributed by atoms with E-state index in [-0.39, 0.29) is 17.8 Å². The normalized spacial score (nSPS) is 23.7. The zero-order valence-corrected chi connectivity index (χ0v) is 23.4. The summed E-state index contributed by atoms with van der Waals surface area (Å²) in [6.45, 7) is 2.34. The van der Waals surface area contributed by atoms with Crippen LogP contribution in [0.1, 0.15) is 43.7 Å². The average Bonchev–Trinajstić information content (AvgIpc) is 3.43. The minimum atomic E-state index is -3.76. The van der Waals surface area contributed by atoms with Gasteiger partial charge in [-0.2, -0.15) is 8.78 Å². The van der Waals surface area contributed by atoms with Gasteiger partial charge >= 0.3 is 6.61 Å². The molecular weight excluding hydrogens is 554 g/mol. The quantitative estimate of drug-likeness (QED) is 0.339. The highest BCUT2D eigenvalue weighted by molar-refractivity contribution is 7.92. The maximum absolute atomic E-state index is 13.4. The number of sulfonamides is 1. The lowest BCUT2D eigenvalue weighted by molar-refractivity contribution is -0.0506. The molecule has 1 saturated heterocycles.